The van der Waals surface area contributed by atoms with Crippen molar-refractivity contribution < 1.29 is 14.6 Å². The Morgan fingerprint density at radius 3 is 2.82 bits per heavy atom. The van der Waals surface area contributed by atoms with Gasteiger partial charge in [0.1, 0.15) is 5.75 Å². The minimum absolute atomic E-state index is 0.0571. The summed E-state index contributed by atoms with van der Waals surface area (Å²) in [5.41, 5.74) is 5.63. The average molecular weight is 424 g/mol. The summed E-state index contributed by atoms with van der Waals surface area (Å²) >= 11 is 6.73. The molecule has 6 nitrogen and oxygen atoms in total. The molecule has 28 heavy (non-hydrogen) atoms. The zero-order valence-corrected chi connectivity index (χ0v) is 18.3. The predicted octanol–water partition coefficient (Wildman–Crippen LogP) is 3.78. The third kappa shape index (κ3) is 6.98. The minimum atomic E-state index is -0.824. The third-order valence-electron chi connectivity index (χ3n) is 4.93. The van der Waals surface area contributed by atoms with Crippen LogP contribution in [0.5, 0.6) is 5.75 Å². The van der Waals surface area contributed by atoms with Crippen LogP contribution in [0.3, 0.4) is 0 Å². The van der Waals surface area contributed by atoms with Gasteiger partial charge in [0.05, 0.1) is 18.6 Å². The molecule has 0 spiro atoms. The summed E-state index contributed by atoms with van der Waals surface area (Å²) < 4.78 is 5.38. The van der Waals surface area contributed by atoms with Crippen molar-refractivity contribution in [1.29, 1.82) is 0 Å². The fraction of sp³-hybridized carbons (Fsp3) is 0.550. The van der Waals surface area contributed by atoms with Gasteiger partial charge in [-0.25, -0.2) is 0 Å². The molecule has 8 heteroatoms. The van der Waals surface area contributed by atoms with Gasteiger partial charge in [0, 0.05) is 17.4 Å². The Morgan fingerprint density at radius 1 is 1.39 bits per heavy atom. The zero-order valence-electron chi connectivity index (χ0n) is 16.7. The molecular formula is C20H29N3O3S2. The Bertz CT molecular complexity index is 725. The maximum atomic E-state index is 10.7. The number of nitrogens with one attached hydrogen (secondary N) is 2. The Kier molecular flexibility index (Phi) is 9.05. The van der Waals surface area contributed by atoms with Crippen LogP contribution in [0, 0.1) is 5.92 Å². The second-order valence-corrected chi connectivity index (χ2v) is 8.46. The predicted molar refractivity (Wildman–Crippen MR) is 119 cm³/mol. The van der Waals surface area contributed by atoms with E-state index in [1.165, 1.54) is 31.0 Å². The topological polar surface area (TPSA) is 83.0 Å². The average Bonchev–Trinajstić information content (AvgIpc) is 2.67. The molecule has 2 rings (SSSR count). The Morgan fingerprint density at radius 2 is 2.14 bits per heavy atom. The molecule has 154 valence electrons. The first-order valence-electron chi connectivity index (χ1n) is 9.48. The van der Waals surface area contributed by atoms with Crippen LogP contribution in [0.15, 0.2) is 23.3 Å². The first kappa shape index (κ1) is 22.5. The van der Waals surface area contributed by atoms with Crippen molar-refractivity contribution in [2.45, 2.75) is 51.3 Å². The summed E-state index contributed by atoms with van der Waals surface area (Å²) in [5.74, 6) is 1.15. The fourth-order valence-corrected chi connectivity index (χ4v) is 4.21. The molecule has 0 unspecified atom stereocenters. The molecule has 0 amide bonds. The van der Waals surface area contributed by atoms with Gasteiger partial charge in [0.2, 0.25) is 0 Å². The van der Waals surface area contributed by atoms with Crippen molar-refractivity contribution in [2.75, 3.05) is 12.9 Å². The highest BCUT2D eigenvalue weighted by Crippen LogP contribution is 2.25. The molecule has 3 N–H and O–H groups in total. The Labute approximate surface area is 176 Å². The molecule has 1 aromatic carbocycles. The Balaban J connectivity index is 1.98. The van der Waals surface area contributed by atoms with Crippen LogP contribution in [-0.2, 0) is 10.5 Å². The van der Waals surface area contributed by atoms with Crippen LogP contribution in [0.1, 0.15) is 50.7 Å². The molecule has 1 aromatic rings. The van der Waals surface area contributed by atoms with E-state index in [-0.39, 0.29) is 5.75 Å². The highest BCUT2D eigenvalue weighted by Gasteiger charge is 2.21. The number of carbonyl (C=O) groups is 1. The summed E-state index contributed by atoms with van der Waals surface area (Å²) in [7, 11) is 1.61. The highest BCUT2D eigenvalue weighted by atomic mass is 32.2. The first-order valence-corrected chi connectivity index (χ1v) is 11.0. The first-order chi connectivity index (χ1) is 13.4. The van der Waals surface area contributed by atoms with Gasteiger partial charge in [-0.15, -0.1) is 11.8 Å². The van der Waals surface area contributed by atoms with Gasteiger partial charge in [-0.3, -0.25) is 10.2 Å². The van der Waals surface area contributed by atoms with Crippen molar-refractivity contribution in [2.24, 2.45) is 11.0 Å². The van der Waals surface area contributed by atoms with Gasteiger partial charge in [-0.1, -0.05) is 19.8 Å². The minimum Gasteiger partial charge on any atom is -0.496 e. The monoisotopic (exact) mass is 423 g/mol. The summed E-state index contributed by atoms with van der Waals surface area (Å²) in [6, 6.07) is 6.20. The number of rotatable bonds is 8. The molecule has 1 aliphatic rings. The van der Waals surface area contributed by atoms with E-state index < -0.39 is 5.97 Å². The Hall–Kier alpha value is -1.80. The van der Waals surface area contributed by atoms with E-state index >= 15 is 0 Å². The number of aliphatic carboxylic acids is 1. The summed E-state index contributed by atoms with van der Waals surface area (Å²) in [6.45, 7) is 4.17. The van der Waals surface area contributed by atoms with E-state index in [9.17, 15) is 4.79 Å². The number of hydrogen-bond donors (Lipinski definition) is 3. The van der Waals surface area contributed by atoms with E-state index in [1.807, 2.05) is 25.1 Å². The van der Waals surface area contributed by atoms with Gasteiger partial charge >= 0.3 is 5.97 Å². The lowest BCUT2D eigenvalue weighted by atomic mass is 9.86. The molecule has 0 heterocycles. The number of nitrogens with zero attached hydrogens (tertiary/aromatic N) is 1. The van der Waals surface area contributed by atoms with Crippen molar-refractivity contribution in [3.63, 3.8) is 0 Å². The quantitative estimate of drug-likeness (QED) is 0.333. The largest absolute Gasteiger partial charge is 0.496 e. The van der Waals surface area contributed by atoms with Crippen LogP contribution in [0.2, 0.25) is 0 Å². The van der Waals surface area contributed by atoms with E-state index in [1.54, 1.807) is 7.11 Å². The number of methoxy groups -OCH3 is 1. The van der Waals surface area contributed by atoms with Crippen molar-refractivity contribution in [3.8, 4) is 5.75 Å². The van der Waals surface area contributed by atoms with Crippen LogP contribution in [-0.4, -0.2) is 40.8 Å². The second kappa shape index (κ2) is 11.3. The maximum absolute atomic E-state index is 10.7. The molecule has 1 fully saturated rings. The SMILES string of the molecule is COc1ccc(/C(C)=N\NC(=S)N[C@@H]2CCCC[C@@H]2C)cc1CSCC(=O)O. The van der Waals surface area contributed by atoms with E-state index in [0.717, 1.165) is 29.0 Å². The second-order valence-electron chi connectivity index (χ2n) is 7.06. The van der Waals surface area contributed by atoms with E-state index in [0.29, 0.717) is 22.8 Å². The van der Waals surface area contributed by atoms with E-state index in [2.05, 4.69) is 22.8 Å². The fourth-order valence-electron chi connectivity index (χ4n) is 3.30. The molecular weight excluding hydrogens is 394 g/mol. The summed E-state index contributed by atoms with van der Waals surface area (Å²) in [6.07, 6.45) is 4.90. The van der Waals surface area contributed by atoms with Crippen molar-refractivity contribution in [3.05, 3.63) is 29.3 Å². The summed E-state index contributed by atoms with van der Waals surface area (Å²) in [4.78, 5) is 10.7. The third-order valence-corrected chi connectivity index (χ3v) is 6.11. The van der Waals surface area contributed by atoms with E-state index in [4.69, 9.17) is 22.1 Å². The zero-order chi connectivity index (χ0) is 20.5. The van der Waals surface area contributed by atoms with Crippen molar-refractivity contribution in [1.82, 2.24) is 10.7 Å². The normalized spacial score (nSPS) is 19.8. The lowest BCUT2D eigenvalue weighted by molar-refractivity contribution is -0.133. The molecule has 0 bridgehead atoms. The smallest absolute Gasteiger partial charge is 0.313 e. The van der Waals surface area contributed by atoms with Crippen LogP contribution < -0.4 is 15.5 Å². The molecule has 2 atom stereocenters. The number of thioether (sulfide) groups is 1. The van der Waals surface area contributed by atoms with Gasteiger partial charge in [-0.05, 0) is 61.7 Å². The molecule has 0 radical (unpaired) electrons. The number of hydrogen-bond acceptors (Lipinski definition) is 5. The number of thiocarbonyl (C=S) groups is 1. The number of benzene rings is 1. The van der Waals surface area contributed by atoms with Gasteiger partial charge < -0.3 is 15.2 Å². The van der Waals surface area contributed by atoms with Crippen molar-refractivity contribution >= 4 is 40.8 Å². The van der Waals surface area contributed by atoms with Crippen LogP contribution in [0.4, 0.5) is 0 Å². The standard InChI is InChI=1S/C20H29N3O3S2/c1-13-6-4-5-7-17(13)21-20(27)23-22-14(2)15-8-9-18(26-3)16(10-15)11-28-12-19(24)25/h8-10,13,17H,4-7,11-12H2,1-3H3,(H,24,25)(H2,21,23,27)/b22-14-/t13-,17+/m0/s1. The number of hydrazone groups is 1. The van der Waals surface area contributed by atoms with Crippen LogP contribution >= 0.6 is 24.0 Å². The highest BCUT2D eigenvalue weighted by molar-refractivity contribution is 7.99. The lowest BCUT2D eigenvalue weighted by Gasteiger charge is -2.30. The number of carboxylic acids is 1. The molecule has 0 aromatic heterocycles. The van der Waals surface area contributed by atoms with Gasteiger partial charge in [0.25, 0.3) is 0 Å². The molecule has 0 aliphatic heterocycles. The number of ether oxygens (including phenoxy) is 1. The molecule has 1 aliphatic carbocycles. The number of carboxylic acid groups (broad SMARTS) is 1. The molecule has 0 saturated heterocycles. The lowest BCUT2D eigenvalue weighted by Crippen LogP contribution is -2.44. The maximum Gasteiger partial charge on any atom is 0.313 e. The summed E-state index contributed by atoms with van der Waals surface area (Å²) in [5, 5.41) is 17.2. The molecule has 1 saturated carbocycles. The van der Waals surface area contributed by atoms with Gasteiger partial charge in [0.15, 0.2) is 5.11 Å². The van der Waals surface area contributed by atoms with Crippen LogP contribution in [0.25, 0.3) is 0 Å². The van der Waals surface area contributed by atoms with Gasteiger partial charge in [-0.2, -0.15) is 5.10 Å².